The predicted octanol–water partition coefficient (Wildman–Crippen LogP) is 0.0412. The topological polar surface area (TPSA) is 150 Å². The molecule has 6 N–H and O–H groups in total. The van der Waals surface area contributed by atoms with Gasteiger partial charge in [-0.1, -0.05) is 30.3 Å². The first kappa shape index (κ1) is 18.3. The molecule has 0 fully saturated rings. The van der Waals surface area contributed by atoms with Gasteiger partial charge in [0.2, 0.25) is 5.91 Å². The summed E-state index contributed by atoms with van der Waals surface area (Å²) in [6.45, 7) is 0. The molecule has 0 aliphatic rings. The lowest BCUT2D eigenvalue weighted by Crippen LogP contribution is -2.46. The molecular formula is C13H19N2O6P. The first-order chi connectivity index (χ1) is 10.2. The van der Waals surface area contributed by atoms with E-state index in [9.17, 15) is 23.9 Å². The molecule has 0 saturated carbocycles. The Morgan fingerprint density at radius 1 is 1.23 bits per heavy atom. The van der Waals surface area contributed by atoms with E-state index in [0.717, 1.165) is 5.56 Å². The van der Waals surface area contributed by atoms with Crippen LogP contribution in [0.3, 0.4) is 0 Å². The van der Waals surface area contributed by atoms with Gasteiger partial charge in [-0.3, -0.25) is 14.2 Å². The van der Waals surface area contributed by atoms with Crippen LogP contribution in [0.15, 0.2) is 30.3 Å². The summed E-state index contributed by atoms with van der Waals surface area (Å²) in [5, 5.41) is 10.7. The second kappa shape index (κ2) is 8.05. The largest absolute Gasteiger partial charge is 0.481 e. The molecule has 0 bridgehead atoms. The van der Waals surface area contributed by atoms with Crippen LogP contribution in [0.2, 0.25) is 0 Å². The van der Waals surface area contributed by atoms with Gasteiger partial charge in [0.1, 0.15) is 5.78 Å². The van der Waals surface area contributed by atoms with Crippen molar-refractivity contribution in [2.75, 3.05) is 0 Å². The number of carboxylic acid groups (broad SMARTS) is 1. The molecule has 0 radical (unpaired) electrons. The van der Waals surface area contributed by atoms with Crippen LogP contribution in [-0.2, 0) is 20.6 Å². The quantitative estimate of drug-likeness (QED) is 0.422. The minimum Gasteiger partial charge on any atom is -0.481 e. The van der Waals surface area contributed by atoms with Crippen LogP contribution in [0, 0.1) is 0 Å². The highest BCUT2D eigenvalue weighted by molar-refractivity contribution is 7.52. The third-order valence-corrected chi connectivity index (χ3v) is 4.18. The second-order valence-electron chi connectivity index (χ2n) is 4.84. The van der Waals surface area contributed by atoms with E-state index in [1.807, 2.05) is 6.07 Å². The van der Waals surface area contributed by atoms with E-state index in [2.05, 4.69) is 5.32 Å². The fourth-order valence-corrected chi connectivity index (χ4v) is 2.58. The molecule has 0 unspecified atom stereocenters. The molecule has 0 aromatic heterocycles. The van der Waals surface area contributed by atoms with Crippen molar-refractivity contribution in [2.45, 2.75) is 31.1 Å². The minimum absolute atomic E-state index is 0.208. The number of nitrogens with one attached hydrogen (secondary N) is 1. The molecule has 2 atom stereocenters. The van der Waals surface area contributed by atoms with Crippen molar-refractivity contribution in [1.82, 2.24) is 5.32 Å². The van der Waals surface area contributed by atoms with Crippen LogP contribution < -0.4 is 11.1 Å². The molecule has 0 saturated heterocycles. The molecule has 0 heterocycles. The Kier molecular flexibility index (Phi) is 6.70. The first-order valence-electron chi connectivity index (χ1n) is 6.57. The number of aliphatic carboxylic acids is 1. The molecule has 1 aromatic carbocycles. The summed E-state index contributed by atoms with van der Waals surface area (Å²) in [7, 11) is -4.66. The van der Waals surface area contributed by atoms with Gasteiger partial charge < -0.3 is 25.9 Å². The monoisotopic (exact) mass is 330 g/mol. The summed E-state index contributed by atoms with van der Waals surface area (Å²) in [4.78, 5) is 40.8. The van der Waals surface area contributed by atoms with E-state index in [0.29, 0.717) is 0 Å². The summed E-state index contributed by atoms with van der Waals surface area (Å²) in [6.07, 6.45) is -0.632. The lowest BCUT2D eigenvalue weighted by atomic mass is 10.1. The maximum atomic E-state index is 11.9. The van der Waals surface area contributed by atoms with Gasteiger partial charge in [-0.25, -0.2) is 0 Å². The van der Waals surface area contributed by atoms with Crippen molar-refractivity contribution in [3.63, 3.8) is 0 Å². The predicted molar refractivity (Wildman–Crippen MR) is 79.0 cm³/mol. The lowest BCUT2D eigenvalue weighted by molar-refractivity contribution is -0.137. The van der Waals surface area contributed by atoms with Crippen molar-refractivity contribution in [3.05, 3.63) is 35.9 Å². The average Bonchev–Trinajstić information content (AvgIpc) is 2.42. The average molecular weight is 330 g/mol. The summed E-state index contributed by atoms with van der Waals surface area (Å²) in [5.41, 5.74) is 6.52. The van der Waals surface area contributed by atoms with Crippen LogP contribution in [0.4, 0.5) is 0 Å². The number of hydrogen-bond acceptors (Lipinski definition) is 4. The van der Waals surface area contributed by atoms with Crippen LogP contribution in [-0.4, -0.2) is 38.6 Å². The van der Waals surface area contributed by atoms with E-state index in [4.69, 9.17) is 10.8 Å². The Balaban J connectivity index is 2.65. The molecule has 22 heavy (non-hydrogen) atoms. The Hall–Kier alpha value is -1.73. The summed E-state index contributed by atoms with van der Waals surface area (Å²) in [6, 6.07) is 7.94. The number of rotatable bonds is 8. The van der Waals surface area contributed by atoms with Gasteiger partial charge >= 0.3 is 13.6 Å². The van der Waals surface area contributed by atoms with Crippen LogP contribution in [0.5, 0.6) is 0 Å². The van der Waals surface area contributed by atoms with Gasteiger partial charge in [-0.15, -0.1) is 0 Å². The summed E-state index contributed by atoms with van der Waals surface area (Å²) in [5.74, 6) is -3.50. The maximum absolute atomic E-state index is 11.9. The molecule has 0 aliphatic heterocycles. The SMILES string of the molecule is N[C@@H](Cc1ccccc1)C(=O)N[C@H](CCC(=O)O)P(=O)(O)O. The van der Waals surface area contributed by atoms with E-state index < -0.39 is 37.7 Å². The van der Waals surface area contributed by atoms with E-state index >= 15 is 0 Å². The van der Waals surface area contributed by atoms with Gasteiger partial charge in [0.05, 0.1) is 6.04 Å². The third kappa shape index (κ3) is 6.36. The Morgan fingerprint density at radius 3 is 2.32 bits per heavy atom. The summed E-state index contributed by atoms with van der Waals surface area (Å²) < 4.78 is 11.3. The highest BCUT2D eigenvalue weighted by atomic mass is 31.2. The van der Waals surface area contributed by atoms with Gasteiger partial charge in [0.25, 0.3) is 0 Å². The van der Waals surface area contributed by atoms with Gasteiger partial charge in [0, 0.05) is 6.42 Å². The number of carbonyl (C=O) groups is 2. The number of amides is 1. The third-order valence-electron chi connectivity index (χ3n) is 2.98. The number of benzene rings is 1. The Bertz CT molecular complexity index is 559. The van der Waals surface area contributed by atoms with Gasteiger partial charge in [-0.05, 0) is 18.4 Å². The molecule has 0 spiro atoms. The fraction of sp³-hybridized carbons (Fsp3) is 0.385. The smallest absolute Gasteiger partial charge is 0.347 e. The molecule has 8 nitrogen and oxygen atoms in total. The zero-order valence-electron chi connectivity index (χ0n) is 11.8. The van der Waals surface area contributed by atoms with Crippen LogP contribution in [0.1, 0.15) is 18.4 Å². The molecule has 1 rings (SSSR count). The minimum atomic E-state index is -4.66. The number of hydrogen-bond donors (Lipinski definition) is 5. The van der Waals surface area contributed by atoms with Crippen LogP contribution >= 0.6 is 7.60 Å². The lowest BCUT2D eigenvalue weighted by Gasteiger charge is -2.21. The maximum Gasteiger partial charge on any atom is 0.347 e. The molecular weight excluding hydrogens is 311 g/mol. The number of carboxylic acids is 1. The fourth-order valence-electron chi connectivity index (χ4n) is 1.82. The molecule has 1 amide bonds. The van der Waals surface area contributed by atoms with Crippen molar-refractivity contribution in [3.8, 4) is 0 Å². The normalized spacial score (nSPS) is 14.1. The zero-order chi connectivity index (χ0) is 16.8. The highest BCUT2D eigenvalue weighted by Gasteiger charge is 2.32. The van der Waals surface area contributed by atoms with Crippen molar-refractivity contribution >= 4 is 19.5 Å². The highest BCUT2D eigenvalue weighted by Crippen LogP contribution is 2.41. The van der Waals surface area contributed by atoms with Gasteiger partial charge in [0.15, 0.2) is 0 Å². The van der Waals surface area contributed by atoms with Crippen molar-refractivity contribution in [2.24, 2.45) is 5.73 Å². The zero-order valence-corrected chi connectivity index (χ0v) is 12.6. The van der Waals surface area contributed by atoms with E-state index in [1.165, 1.54) is 0 Å². The number of carbonyl (C=O) groups excluding carboxylic acids is 1. The summed E-state index contributed by atoms with van der Waals surface area (Å²) >= 11 is 0. The second-order valence-corrected chi connectivity index (χ2v) is 6.64. The van der Waals surface area contributed by atoms with Crippen LogP contribution in [0.25, 0.3) is 0 Å². The molecule has 0 aliphatic carbocycles. The molecule has 122 valence electrons. The first-order valence-corrected chi connectivity index (χ1v) is 8.25. The Morgan fingerprint density at radius 2 is 1.82 bits per heavy atom. The van der Waals surface area contributed by atoms with E-state index in [1.54, 1.807) is 24.3 Å². The van der Waals surface area contributed by atoms with Gasteiger partial charge in [-0.2, -0.15) is 0 Å². The van der Waals surface area contributed by atoms with E-state index in [-0.39, 0.29) is 12.8 Å². The number of nitrogens with two attached hydrogens (primary N) is 1. The van der Waals surface area contributed by atoms with Crippen molar-refractivity contribution in [1.29, 1.82) is 0 Å². The Labute approximate surface area is 127 Å². The molecule has 1 aromatic rings. The van der Waals surface area contributed by atoms with Crippen molar-refractivity contribution < 1.29 is 29.0 Å². The standard InChI is InChI=1S/C13H19N2O6P/c14-10(8-9-4-2-1-3-5-9)13(18)15-11(22(19,20)21)6-7-12(16)17/h1-5,10-11H,6-8,14H2,(H,15,18)(H,16,17)(H2,19,20,21)/t10-,11-/m0/s1. The molecule has 9 heteroatoms.